The summed E-state index contributed by atoms with van der Waals surface area (Å²) in [5, 5.41) is 3.28. The van der Waals surface area contributed by atoms with Crippen LogP contribution in [-0.2, 0) is 20.7 Å². The van der Waals surface area contributed by atoms with Gasteiger partial charge in [-0.1, -0.05) is 23.7 Å². The van der Waals surface area contributed by atoms with Gasteiger partial charge >= 0.3 is 5.97 Å². The molecule has 0 bridgehead atoms. The number of esters is 1. The van der Waals surface area contributed by atoms with Gasteiger partial charge in [0.15, 0.2) is 11.5 Å². The summed E-state index contributed by atoms with van der Waals surface area (Å²) in [4.78, 5) is 23.7. The predicted octanol–water partition coefficient (Wildman–Crippen LogP) is 4.26. The smallest absolute Gasteiger partial charge is 0.330 e. The number of carbonyl (C=O) groups is 2. The van der Waals surface area contributed by atoms with E-state index in [4.69, 9.17) is 25.8 Å². The van der Waals surface area contributed by atoms with Gasteiger partial charge in [0.25, 0.3) is 0 Å². The predicted molar refractivity (Wildman–Crippen MR) is 112 cm³/mol. The largest absolute Gasteiger partial charge is 0.489 e. The lowest BCUT2D eigenvalue weighted by molar-refractivity contribution is -0.137. The first-order valence-electron chi connectivity index (χ1n) is 9.38. The number of benzene rings is 2. The molecule has 29 heavy (non-hydrogen) atoms. The van der Waals surface area contributed by atoms with Crippen molar-refractivity contribution >= 4 is 35.2 Å². The van der Waals surface area contributed by atoms with E-state index >= 15 is 0 Å². The van der Waals surface area contributed by atoms with Crippen LogP contribution in [0.3, 0.4) is 0 Å². The number of hydrogen-bond donors (Lipinski definition) is 1. The van der Waals surface area contributed by atoms with E-state index in [2.05, 4.69) is 5.32 Å². The minimum Gasteiger partial charge on any atom is -0.489 e. The van der Waals surface area contributed by atoms with Crippen molar-refractivity contribution in [3.05, 3.63) is 58.6 Å². The molecule has 0 atom stereocenters. The molecule has 1 N–H and O–H groups in total. The second-order valence-corrected chi connectivity index (χ2v) is 6.79. The number of rotatable bonds is 6. The van der Waals surface area contributed by atoms with Crippen molar-refractivity contribution in [1.29, 1.82) is 0 Å². The lowest BCUT2D eigenvalue weighted by Gasteiger charge is -2.12. The molecule has 0 aromatic heterocycles. The second-order valence-electron chi connectivity index (χ2n) is 6.39. The first-order valence-corrected chi connectivity index (χ1v) is 9.75. The number of ether oxygens (including phenoxy) is 3. The van der Waals surface area contributed by atoms with Crippen LogP contribution in [0.4, 0.5) is 5.69 Å². The minimum absolute atomic E-state index is 0.154. The molecule has 0 spiro atoms. The van der Waals surface area contributed by atoms with Crippen LogP contribution in [0.2, 0.25) is 5.02 Å². The Morgan fingerprint density at radius 2 is 1.93 bits per heavy atom. The van der Waals surface area contributed by atoms with E-state index in [0.29, 0.717) is 42.0 Å². The van der Waals surface area contributed by atoms with Crippen molar-refractivity contribution in [2.75, 3.05) is 25.1 Å². The van der Waals surface area contributed by atoms with Gasteiger partial charge in [0, 0.05) is 18.2 Å². The van der Waals surface area contributed by atoms with Gasteiger partial charge < -0.3 is 19.5 Å². The maximum absolute atomic E-state index is 12.4. The van der Waals surface area contributed by atoms with E-state index in [1.165, 1.54) is 6.08 Å². The number of fused-ring (bicyclic) bond motifs is 1. The summed E-state index contributed by atoms with van der Waals surface area (Å²) in [7, 11) is 0. The fourth-order valence-electron chi connectivity index (χ4n) is 2.81. The van der Waals surface area contributed by atoms with E-state index in [1.807, 2.05) is 0 Å². The topological polar surface area (TPSA) is 73.9 Å². The molecule has 6 nitrogen and oxygen atoms in total. The van der Waals surface area contributed by atoms with Crippen LogP contribution in [-0.4, -0.2) is 31.7 Å². The highest BCUT2D eigenvalue weighted by Gasteiger charge is 2.16. The number of amides is 1. The summed E-state index contributed by atoms with van der Waals surface area (Å²) < 4.78 is 16.1. The third-order valence-electron chi connectivity index (χ3n) is 4.12. The van der Waals surface area contributed by atoms with Gasteiger partial charge in [-0.05, 0) is 48.4 Å². The number of carbonyl (C=O) groups excluding carboxylic acids is 2. The van der Waals surface area contributed by atoms with Crippen LogP contribution in [0, 0.1) is 0 Å². The lowest BCUT2D eigenvalue weighted by Crippen LogP contribution is -2.14. The van der Waals surface area contributed by atoms with Crippen molar-refractivity contribution in [3.8, 4) is 11.5 Å². The van der Waals surface area contributed by atoms with Crippen LogP contribution in [0.1, 0.15) is 24.5 Å². The molecule has 1 aliphatic rings. The van der Waals surface area contributed by atoms with Crippen LogP contribution >= 0.6 is 11.6 Å². The third kappa shape index (κ3) is 5.99. The molecule has 1 heterocycles. The maximum Gasteiger partial charge on any atom is 0.330 e. The van der Waals surface area contributed by atoms with Crippen LogP contribution in [0.5, 0.6) is 11.5 Å². The molecule has 0 fully saturated rings. The SMILES string of the molecule is CCOC(=O)C=Cc1ccc(NC(=O)Cc2cc(Cl)c3c(c2)OCCCO3)cc1. The van der Waals surface area contributed by atoms with Gasteiger partial charge in [0.1, 0.15) is 0 Å². The first-order chi connectivity index (χ1) is 14.0. The summed E-state index contributed by atoms with van der Waals surface area (Å²) >= 11 is 6.28. The summed E-state index contributed by atoms with van der Waals surface area (Å²) in [6, 6.07) is 10.6. The van der Waals surface area contributed by atoms with Crippen molar-refractivity contribution in [2.45, 2.75) is 19.8 Å². The van der Waals surface area contributed by atoms with E-state index in [1.54, 1.807) is 49.4 Å². The molecule has 1 aliphatic heterocycles. The molecule has 0 aliphatic carbocycles. The molecule has 1 amide bonds. The van der Waals surface area contributed by atoms with Crippen molar-refractivity contribution in [1.82, 2.24) is 0 Å². The molecule has 0 saturated heterocycles. The van der Waals surface area contributed by atoms with E-state index in [-0.39, 0.29) is 12.3 Å². The summed E-state index contributed by atoms with van der Waals surface area (Å²) in [5.74, 6) is 0.527. The maximum atomic E-state index is 12.4. The van der Waals surface area contributed by atoms with Crippen molar-refractivity contribution in [3.63, 3.8) is 0 Å². The van der Waals surface area contributed by atoms with Crippen LogP contribution in [0.25, 0.3) is 6.08 Å². The highest BCUT2D eigenvalue weighted by Crippen LogP contribution is 2.38. The Balaban J connectivity index is 1.60. The Bertz CT molecular complexity index is 908. The Kier molecular flexibility index (Phi) is 7.14. The average molecular weight is 416 g/mol. The number of hydrogen-bond acceptors (Lipinski definition) is 5. The zero-order valence-corrected chi connectivity index (χ0v) is 16.8. The number of anilines is 1. The molecule has 7 heteroatoms. The minimum atomic E-state index is -0.390. The standard InChI is InChI=1S/C22H22ClNO5/c1-2-27-21(26)9-6-15-4-7-17(8-5-15)24-20(25)14-16-12-18(23)22-19(13-16)28-10-3-11-29-22/h4-9,12-13H,2-3,10-11,14H2,1H3,(H,24,25). The Labute approximate surface area is 174 Å². The van der Waals surface area contributed by atoms with Gasteiger partial charge in [0.2, 0.25) is 5.91 Å². The van der Waals surface area contributed by atoms with Crippen molar-refractivity contribution in [2.24, 2.45) is 0 Å². The lowest BCUT2D eigenvalue weighted by atomic mass is 10.1. The van der Waals surface area contributed by atoms with E-state index in [0.717, 1.165) is 17.5 Å². The molecule has 0 saturated carbocycles. The monoisotopic (exact) mass is 415 g/mol. The summed E-state index contributed by atoms with van der Waals surface area (Å²) in [6.07, 6.45) is 3.96. The molecule has 0 radical (unpaired) electrons. The summed E-state index contributed by atoms with van der Waals surface area (Å²) in [6.45, 7) is 3.19. The normalized spacial score (nSPS) is 13.0. The quantitative estimate of drug-likeness (QED) is 0.563. The average Bonchev–Trinajstić information content (AvgIpc) is 2.93. The molecule has 0 unspecified atom stereocenters. The van der Waals surface area contributed by atoms with Gasteiger partial charge in [0.05, 0.1) is 31.3 Å². The zero-order chi connectivity index (χ0) is 20.6. The zero-order valence-electron chi connectivity index (χ0n) is 16.1. The molecular formula is C22H22ClNO5. The number of nitrogens with one attached hydrogen (secondary N) is 1. The first kappa shape index (κ1) is 20.7. The molecule has 3 rings (SSSR count). The van der Waals surface area contributed by atoms with Crippen LogP contribution in [0.15, 0.2) is 42.5 Å². The highest BCUT2D eigenvalue weighted by molar-refractivity contribution is 6.32. The van der Waals surface area contributed by atoms with E-state index < -0.39 is 5.97 Å². The van der Waals surface area contributed by atoms with E-state index in [9.17, 15) is 9.59 Å². The highest BCUT2D eigenvalue weighted by atomic mass is 35.5. The fraction of sp³-hybridized carbons (Fsp3) is 0.273. The molecule has 2 aromatic rings. The number of halogens is 1. The van der Waals surface area contributed by atoms with Crippen LogP contribution < -0.4 is 14.8 Å². The third-order valence-corrected chi connectivity index (χ3v) is 4.40. The van der Waals surface area contributed by atoms with Crippen molar-refractivity contribution < 1.29 is 23.8 Å². The molecule has 152 valence electrons. The Morgan fingerprint density at radius 1 is 1.17 bits per heavy atom. The van der Waals surface area contributed by atoms with Gasteiger partial charge in [-0.2, -0.15) is 0 Å². The molecule has 2 aromatic carbocycles. The fourth-order valence-corrected chi connectivity index (χ4v) is 3.10. The Hall–Kier alpha value is -2.99. The molecular weight excluding hydrogens is 394 g/mol. The Morgan fingerprint density at radius 3 is 2.69 bits per heavy atom. The summed E-state index contributed by atoms with van der Waals surface area (Å²) in [5.41, 5.74) is 2.22. The second kappa shape index (κ2) is 9.98. The van der Waals surface area contributed by atoms with Gasteiger partial charge in [-0.15, -0.1) is 0 Å². The van der Waals surface area contributed by atoms with Gasteiger partial charge in [-0.25, -0.2) is 4.79 Å². The van der Waals surface area contributed by atoms with Gasteiger partial charge in [-0.3, -0.25) is 4.79 Å².